The largest absolute Gasteiger partial charge is 0.481 e. The molecule has 2 rings (SSSR count). The maximum Gasteiger partial charge on any atom is 0.367 e. The average Bonchev–Trinajstić information content (AvgIpc) is 0.803. The molecule has 0 radical (unpaired) electrons. The number of amides is 10. The van der Waals surface area contributed by atoms with Crippen molar-refractivity contribution in [3.8, 4) is 5.75 Å². The summed E-state index contributed by atoms with van der Waals surface area (Å²) < 4.78 is 28.9. The number of carbonyl (C=O) groups excluding carboxylic acids is 10. The van der Waals surface area contributed by atoms with Crippen LogP contribution < -0.4 is 26.0 Å². The minimum Gasteiger partial charge on any atom is -0.481 e. The zero-order valence-electron chi connectivity index (χ0n) is 64.5. The number of hydrogen-bond acceptors (Lipinski definition) is 16. The molecular weight excluding hydrogens is 1290 g/mol. The number of rotatable bonds is 22. The third kappa shape index (κ3) is 25.8. The van der Waals surface area contributed by atoms with E-state index < -0.39 is 164 Å². The van der Waals surface area contributed by atoms with Gasteiger partial charge in [0.1, 0.15) is 54.1 Å². The van der Waals surface area contributed by atoms with Crippen molar-refractivity contribution in [3.63, 3.8) is 0 Å². The maximum absolute atomic E-state index is 15.6. The summed E-state index contributed by atoms with van der Waals surface area (Å²) in [6, 6.07) is -5.22. The quantitative estimate of drug-likeness (QED) is 0.0776. The monoisotopic (exact) mass is 1420 g/mol. The molecule has 1 aliphatic heterocycles. The second-order valence-electron chi connectivity index (χ2n) is 29.5. The highest BCUT2D eigenvalue weighted by Crippen LogP contribution is 2.47. The Morgan fingerprint density at radius 2 is 1.02 bits per heavy atom. The molecule has 0 aromatic heterocycles. The minimum absolute atomic E-state index is 0.128. The topological polar surface area (TPSA) is 306 Å². The molecule has 1 saturated heterocycles. The van der Waals surface area contributed by atoms with Crippen LogP contribution in [0.3, 0.4) is 0 Å². The Bertz CT molecular complexity index is 2910. The summed E-state index contributed by atoms with van der Waals surface area (Å²) >= 11 is 0. The van der Waals surface area contributed by atoms with Crippen molar-refractivity contribution in [3.05, 3.63) is 35.9 Å². The lowest BCUT2D eigenvalue weighted by Gasteiger charge is -2.44. The second-order valence-corrected chi connectivity index (χ2v) is 31.6. The van der Waals surface area contributed by atoms with Crippen LogP contribution in [-0.2, 0) is 61.6 Å². The summed E-state index contributed by atoms with van der Waals surface area (Å²) in [6.07, 6.45) is 3.34. The van der Waals surface area contributed by atoms with Gasteiger partial charge in [-0.2, -0.15) is 0 Å². The Balaban J connectivity index is 2.97. The van der Waals surface area contributed by atoms with Crippen LogP contribution in [0.1, 0.15) is 169 Å². The predicted octanol–water partition coefficient (Wildman–Crippen LogP) is 6.48. The first-order valence-corrected chi connectivity index (χ1v) is 37.0. The van der Waals surface area contributed by atoms with Gasteiger partial charge in [0.2, 0.25) is 59.1 Å². The van der Waals surface area contributed by atoms with E-state index >= 15 is 14.4 Å². The molecule has 0 saturated carbocycles. The summed E-state index contributed by atoms with van der Waals surface area (Å²) in [5, 5.41) is 24.5. The van der Waals surface area contributed by atoms with Gasteiger partial charge >= 0.3 is 7.60 Å². The van der Waals surface area contributed by atoms with E-state index in [-0.39, 0.29) is 68.7 Å². The minimum atomic E-state index is -3.45. The van der Waals surface area contributed by atoms with E-state index in [2.05, 4.69) is 21.3 Å². The lowest BCUT2D eigenvalue weighted by atomic mass is 9.88. The summed E-state index contributed by atoms with van der Waals surface area (Å²) in [4.78, 5) is 157. The molecule has 99 heavy (non-hydrogen) atoms. The first-order valence-electron chi connectivity index (χ1n) is 35.3. The standard InChI is InChI=1S/C72H126N11O15P/c1-27-54-68(90)77(19)40-59(84)78(20)55(36-42(3)4)66(88)76-60(46(11)12)71(93)79(21)56(37-43(5)6)65(87)74-50(17)64(86)75-51(18)67(89)80(22)57(38-44(7)8)69(91)81(23)58(39-45(9)10)70(92)82(24)61(47(13)14)72(94)83(25)62(49(16)73-54)63(85)48(15)30-29-31-52-32-34-53(35-33-52)97-41-99(95,96-26)98-28-2/h29,31-35,42-51,54-58,60-63,73,85H,27-28,30,36-41H2,1-26H3,(H,74,87)(H,75,86)(H,76,88)/b31-29+/t48-,49?,50+,51-,54+,55+,56+,57+,58+,60+,61+,62-,63-,99?/m1/s1. The normalized spacial score (nSPS) is 26.2. The fourth-order valence-electron chi connectivity index (χ4n) is 12.4. The number of carbonyl (C=O) groups is 10. The molecular formula is C72H126N11O15P. The van der Waals surface area contributed by atoms with Gasteiger partial charge in [0, 0.05) is 62.5 Å². The van der Waals surface area contributed by atoms with E-state index in [0.29, 0.717) is 12.2 Å². The molecule has 5 N–H and O–H groups in total. The summed E-state index contributed by atoms with van der Waals surface area (Å²) in [7, 11) is 8.22. The van der Waals surface area contributed by atoms with Gasteiger partial charge in [0.05, 0.1) is 31.3 Å². The highest BCUT2D eigenvalue weighted by molar-refractivity contribution is 7.53. The van der Waals surface area contributed by atoms with Crippen molar-refractivity contribution in [2.45, 2.75) is 236 Å². The lowest BCUT2D eigenvalue weighted by Crippen LogP contribution is -2.64. The molecule has 26 nitrogen and oxygen atoms in total. The van der Waals surface area contributed by atoms with Gasteiger partial charge < -0.3 is 74.5 Å². The van der Waals surface area contributed by atoms with E-state index in [4.69, 9.17) is 13.8 Å². The van der Waals surface area contributed by atoms with Crippen molar-refractivity contribution in [2.75, 3.05) is 75.9 Å². The number of ether oxygens (including phenoxy) is 1. The molecule has 1 aliphatic rings. The molecule has 0 aliphatic carbocycles. The Kier molecular flexibility index (Phi) is 36.6. The molecule has 1 aromatic rings. The van der Waals surface area contributed by atoms with Crippen molar-refractivity contribution >= 4 is 72.7 Å². The maximum atomic E-state index is 15.6. The molecule has 1 fully saturated rings. The number of allylic oxidation sites excluding steroid dienone is 1. The molecule has 10 amide bonds. The number of aliphatic hydroxyl groups excluding tert-OH is 1. The van der Waals surface area contributed by atoms with Gasteiger partial charge in [0.15, 0.2) is 6.35 Å². The van der Waals surface area contributed by atoms with E-state index in [1.165, 1.54) is 97.5 Å². The fourth-order valence-corrected chi connectivity index (χ4v) is 13.4. The number of nitrogens with zero attached hydrogens (tertiary/aromatic N) is 7. The van der Waals surface area contributed by atoms with Crippen LogP contribution in [0.15, 0.2) is 30.3 Å². The van der Waals surface area contributed by atoms with Gasteiger partial charge in [-0.3, -0.25) is 52.5 Å². The van der Waals surface area contributed by atoms with Crippen molar-refractivity contribution < 1.29 is 71.4 Å². The molecule has 1 aromatic carbocycles. The van der Waals surface area contributed by atoms with E-state index in [1.54, 1.807) is 79.8 Å². The van der Waals surface area contributed by atoms with E-state index in [1.807, 2.05) is 74.5 Å². The van der Waals surface area contributed by atoms with Crippen molar-refractivity contribution in [2.24, 2.45) is 41.4 Å². The molecule has 14 atom stereocenters. The van der Waals surface area contributed by atoms with Crippen molar-refractivity contribution in [1.82, 2.24) is 55.6 Å². The molecule has 1 heterocycles. The zero-order valence-corrected chi connectivity index (χ0v) is 65.4. The van der Waals surface area contributed by atoms with Crippen LogP contribution in [0.2, 0.25) is 0 Å². The van der Waals surface area contributed by atoms with E-state index in [9.17, 15) is 43.2 Å². The van der Waals surface area contributed by atoms with Crippen LogP contribution >= 0.6 is 7.60 Å². The van der Waals surface area contributed by atoms with Crippen LogP contribution in [0, 0.1) is 41.4 Å². The number of likely N-dealkylation sites (N-methyl/N-ethyl adjacent to an activating group) is 7. The van der Waals surface area contributed by atoms with Gasteiger partial charge in [-0.05, 0) is 125 Å². The summed E-state index contributed by atoms with van der Waals surface area (Å²) in [6.45, 7) is 31.8. The Morgan fingerprint density at radius 3 is 1.49 bits per heavy atom. The molecule has 0 bridgehead atoms. The van der Waals surface area contributed by atoms with Gasteiger partial charge in [0.25, 0.3) is 0 Å². The number of nitrogens with one attached hydrogen (secondary N) is 4. The molecule has 0 spiro atoms. The zero-order chi connectivity index (χ0) is 76.0. The number of aliphatic hydroxyl groups is 1. The van der Waals surface area contributed by atoms with Crippen LogP contribution in [0.4, 0.5) is 0 Å². The molecule has 564 valence electrons. The first-order chi connectivity index (χ1) is 45.9. The molecule has 27 heteroatoms. The third-order valence-electron chi connectivity index (χ3n) is 18.5. The molecule has 2 unspecified atom stereocenters. The van der Waals surface area contributed by atoms with Gasteiger partial charge in [-0.1, -0.05) is 121 Å². The smallest absolute Gasteiger partial charge is 0.367 e. The second kappa shape index (κ2) is 40.8. The Hall–Kier alpha value is -6.47. The van der Waals surface area contributed by atoms with Crippen LogP contribution in [0.25, 0.3) is 6.08 Å². The fraction of sp³-hybridized carbons (Fsp3) is 0.750. The lowest BCUT2D eigenvalue weighted by molar-refractivity contribution is -0.156. The third-order valence-corrected chi connectivity index (χ3v) is 20.1. The van der Waals surface area contributed by atoms with Crippen molar-refractivity contribution in [1.29, 1.82) is 0 Å². The highest BCUT2D eigenvalue weighted by Gasteiger charge is 2.45. The van der Waals surface area contributed by atoms with Crippen LogP contribution in [-0.4, -0.2) is 247 Å². The van der Waals surface area contributed by atoms with E-state index in [0.717, 1.165) is 5.56 Å². The summed E-state index contributed by atoms with van der Waals surface area (Å²) in [5.74, 6) is -7.74. The Morgan fingerprint density at radius 1 is 0.556 bits per heavy atom. The summed E-state index contributed by atoms with van der Waals surface area (Å²) in [5.41, 5.74) is 0.786. The van der Waals surface area contributed by atoms with Crippen LogP contribution in [0.5, 0.6) is 5.75 Å². The SMILES string of the molecule is CCOP(=O)(COc1ccc(/C=C/C[C@@H](C)[C@@H](O)[C@H]2C(C)N[C@@H](CC)C(=O)N(C)CC(=O)N(C)[C@@H](CC(C)C)C(=O)N[C@@H](C(C)C)C(=O)N(C)[C@@H](CC(C)C)C(=O)N[C@@H](C)C(=O)N[C@H](C)C(=O)N(C)[C@@H](CC(C)C)C(=O)N(C)[C@@H](CC(C)C)C(=O)N(C)[C@@H](C(C)C)C(=O)N2C)cc1)OC. The van der Waals surface area contributed by atoms with Gasteiger partial charge in [-0.15, -0.1) is 0 Å². The predicted molar refractivity (Wildman–Crippen MR) is 385 cm³/mol. The van der Waals surface area contributed by atoms with Gasteiger partial charge in [-0.25, -0.2) is 0 Å². The number of benzene rings is 1. The highest BCUT2D eigenvalue weighted by atomic mass is 31.2. The first kappa shape index (κ1) is 88.6. The average molecular weight is 1420 g/mol. The Labute approximate surface area is 592 Å². The number of hydrogen-bond donors (Lipinski definition) is 5.